The smallest absolute Gasteiger partial charge is 0.0386 e. The topological polar surface area (TPSA) is 0 Å². The molecule has 0 aliphatic heterocycles. The summed E-state index contributed by atoms with van der Waals surface area (Å²) in [5.74, 6) is 2.18. The molecule has 0 spiro atoms. The second-order valence-corrected chi connectivity index (χ2v) is 4.00. The van der Waals surface area contributed by atoms with E-state index in [0.29, 0.717) is 0 Å². The highest BCUT2D eigenvalue weighted by Gasteiger charge is 2.24. The molecule has 0 aromatic heterocycles. The molecule has 1 fully saturated rings. The maximum absolute atomic E-state index is 2.36. The van der Waals surface area contributed by atoms with Crippen LogP contribution in [0.5, 0.6) is 0 Å². The molecule has 0 aromatic rings. The van der Waals surface area contributed by atoms with Crippen molar-refractivity contribution >= 4 is 0 Å². The summed E-state index contributed by atoms with van der Waals surface area (Å²) in [5.41, 5.74) is 0. The molecule has 1 saturated carbocycles. The van der Waals surface area contributed by atoms with E-state index in [0.717, 1.165) is 11.8 Å². The molecule has 2 unspecified atom stereocenters. The van der Waals surface area contributed by atoms with Crippen LogP contribution in [0.1, 0.15) is 58.8 Å². The van der Waals surface area contributed by atoms with Crippen molar-refractivity contribution in [3.8, 4) is 0 Å². The molecule has 66 valence electrons. The molecule has 0 bridgehead atoms. The third kappa shape index (κ3) is 2.50. The van der Waals surface area contributed by atoms with Crippen LogP contribution in [0.2, 0.25) is 0 Å². The molecule has 1 aliphatic rings. The van der Waals surface area contributed by atoms with Crippen LogP contribution in [0.25, 0.3) is 0 Å². The second kappa shape index (κ2) is 4.79. The Kier molecular flexibility index (Phi) is 3.96. The van der Waals surface area contributed by atoms with Gasteiger partial charge in [0.2, 0.25) is 0 Å². The Morgan fingerprint density at radius 1 is 1.09 bits per heavy atom. The predicted molar refractivity (Wildman–Crippen MR) is 50.6 cm³/mol. The zero-order chi connectivity index (χ0) is 8.10. The average Bonchev–Trinajstić information content (AvgIpc) is 2.47. The van der Waals surface area contributed by atoms with E-state index >= 15 is 0 Å². The zero-order valence-electron chi connectivity index (χ0n) is 8.10. The van der Waals surface area contributed by atoms with E-state index in [9.17, 15) is 0 Å². The maximum Gasteiger partial charge on any atom is -0.0386 e. The fourth-order valence-corrected chi connectivity index (χ4v) is 2.50. The van der Waals surface area contributed by atoms with Gasteiger partial charge in [-0.05, 0) is 11.8 Å². The molecular formula is C11H22. The first-order chi connectivity index (χ1) is 5.38. The van der Waals surface area contributed by atoms with Crippen molar-refractivity contribution < 1.29 is 0 Å². The number of rotatable bonds is 4. The van der Waals surface area contributed by atoms with Gasteiger partial charge in [0.25, 0.3) is 0 Å². The molecule has 1 aliphatic carbocycles. The van der Waals surface area contributed by atoms with Crippen LogP contribution in [-0.2, 0) is 0 Å². The number of hydrogen-bond donors (Lipinski definition) is 0. The third-order valence-electron chi connectivity index (χ3n) is 3.27. The summed E-state index contributed by atoms with van der Waals surface area (Å²) in [5, 5.41) is 0. The van der Waals surface area contributed by atoms with Gasteiger partial charge in [-0.2, -0.15) is 0 Å². The van der Waals surface area contributed by atoms with Gasteiger partial charge in [0.1, 0.15) is 0 Å². The minimum absolute atomic E-state index is 1.08. The van der Waals surface area contributed by atoms with Crippen LogP contribution < -0.4 is 0 Å². The Bertz CT molecular complexity index is 96.2. The summed E-state index contributed by atoms with van der Waals surface area (Å²) in [7, 11) is 0. The summed E-state index contributed by atoms with van der Waals surface area (Å²) in [6.45, 7) is 4.66. The molecule has 0 saturated heterocycles. The molecule has 0 N–H and O–H groups in total. The fourth-order valence-electron chi connectivity index (χ4n) is 2.50. The standard InChI is InChI=1S/C11H22/c1-3-5-7-11-9-6-8-10(11)4-2/h10-11H,3-9H2,1-2H3. The van der Waals surface area contributed by atoms with E-state index in [1.54, 1.807) is 0 Å². The lowest BCUT2D eigenvalue weighted by atomic mass is 9.89. The van der Waals surface area contributed by atoms with Crippen molar-refractivity contribution in [3.05, 3.63) is 0 Å². The highest BCUT2D eigenvalue weighted by atomic mass is 14.3. The fraction of sp³-hybridized carbons (Fsp3) is 1.00. The first-order valence-electron chi connectivity index (χ1n) is 5.38. The van der Waals surface area contributed by atoms with E-state index in [-0.39, 0.29) is 0 Å². The van der Waals surface area contributed by atoms with Crippen LogP contribution in [0.15, 0.2) is 0 Å². The Balaban J connectivity index is 2.20. The van der Waals surface area contributed by atoms with Gasteiger partial charge in [0, 0.05) is 0 Å². The van der Waals surface area contributed by atoms with Crippen molar-refractivity contribution in [2.45, 2.75) is 58.8 Å². The Morgan fingerprint density at radius 2 is 1.82 bits per heavy atom. The molecule has 0 radical (unpaired) electrons. The van der Waals surface area contributed by atoms with Gasteiger partial charge in [0.15, 0.2) is 0 Å². The third-order valence-corrected chi connectivity index (χ3v) is 3.27. The van der Waals surface area contributed by atoms with Crippen LogP contribution in [0, 0.1) is 11.8 Å². The van der Waals surface area contributed by atoms with Crippen molar-refractivity contribution in [3.63, 3.8) is 0 Å². The first kappa shape index (κ1) is 9.09. The lowest BCUT2D eigenvalue weighted by Crippen LogP contribution is -2.06. The van der Waals surface area contributed by atoms with Gasteiger partial charge in [0.05, 0.1) is 0 Å². The molecule has 0 nitrogen and oxygen atoms in total. The van der Waals surface area contributed by atoms with E-state index in [1.165, 1.54) is 44.9 Å². The lowest BCUT2D eigenvalue weighted by molar-refractivity contribution is 0.346. The van der Waals surface area contributed by atoms with Crippen LogP contribution in [0.4, 0.5) is 0 Å². The van der Waals surface area contributed by atoms with Gasteiger partial charge in [-0.3, -0.25) is 0 Å². The highest BCUT2D eigenvalue weighted by Crippen LogP contribution is 2.36. The van der Waals surface area contributed by atoms with Crippen molar-refractivity contribution in [1.29, 1.82) is 0 Å². The maximum atomic E-state index is 2.36. The Morgan fingerprint density at radius 3 is 2.45 bits per heavy atom. The van der Waals surface area contributed by atoms with E-state index in [4.69, 9.17) is 0 Å². The Hall–Kier alpha value is 0. The predicted octanol–water partition coefficient (Wildman–Crippen LogP) is 4.00. The summed E-state index contributed by atoms with van der Waals surface area (Å²) in [6, 6.07) is 0. The summed E-state index contributed by atoms with van der Waals surface area (Å²) >= 11 is 0. The van der Waals surface area contributed by atoms with Gasteiger partial charge in [-0.1, -0.05) is 58.8 Å². The van der Waals surface area contributed by atoms with Crippen molar-refractivity contribution in [1.82, 2.24) is 0 Å². The van der Waals surface area contributed by atoms with Gasteiger partial charge < -0.3 is 0 Å². The van der Waals surface area contributed by atoms with Crippen molar-refractivity contribution in [2.24, 2.45) is 11.8 Å². The van der Waals surface area contributed by atoms with Crippen molar-refractivity contribution in [2.75, 3.05) is 0 Å². The molecule has 0 amide bonds. The van der Waals surface area contributed by atoms with Crippen LogP contribution in [-0.4, -0.2) is 0 Å². The monoisotopic (exact) mass is 154 g/mol. The lowest BCUT2D eigenvalue weighted by Gasteiger charge is -2.16. The number of unbranched alkanes of at least 4 members (excludes halogenated alkanes) is 1. The van der Waals surface area contributed by atoms with Crippen LogP contribution in [0.3, 0.4) is 0 Å². The van der Waals surface area contributed by atoms with E-state index in [2.05, 4.69) is 13.8 Å². The second-order valence-electron chi connectivity index (χ2n) is 4.00. The zero-order valence-corrected chi connectivity index (χ0v) is 8.10. The molecule has 0 heterocycles. The Labute approximate surface area is 71.4 Å². The summed E-state index contributed by atoms with van der Waals surface area (Å²) in [4.78, 5) is 0. The molecular weight excluding hydrogens is 132 g/mol. The minimum atomic E-state index is 1.08. The normalized spacial score (nSPS) is 31.1. The summed E-state index contributed by atoms with van der Waals surface area (Å²) < 4.78 is 0. The van der Waals surface area contributed by atoms with Crippen LogP contribution >= 0.6 is 0 Å². The summed E-state index contributed by atoms with van der Waals surface area (Å²) in [6.07, 6.45) is 10.3. The number of hydrogen-bond acceptors (Lipinski definition) is 0. The molecule has 0 heteroatoms. The molecule has 1 rings (SSSR count). The molecule has 0 aromatic carbocycles. The van der Waals surface area contributed by atoms with E-state index in [1.807, 2.05) is 0 Å². The first-order valence-corrected chi connectivity index (χ1v) is 5.38. The highest BCUT2D eigenvalue weighted by molar-refractivity contribution is 4.76. The molecule has 2 atom stereocenters. The van der Waals surface area contributed by atoms with Gasteiger partial charge in [-0.15, -0.1) is 0 Å². The van der Waals surface area contributed by atoms with Gasteiger partial charge in [-0.25, -0.2) is 0 Å². The average molecular weight is 154 g/mol. The van der Waals surface area contributed by atoms with Gasteiger partial charge >= 0.3 is 0 Å². The van der Waals surface area contributed by atoms with E-state index < -0.39 is 0 Å². The molecule has 11 heavy (non-hydrogen) atoms. The minimum Gasteiger partial charge on any atom is -0.0654 e. The quantitative estimate of drug-likeness (QED) is 0.574. The SMILES string of the molecule is CCCCC1CCCC1CC. The largest absolute Gasteiger partial charge is 0.0654 e.